The third-order valence-corrected chi connectivity index (χ3v) is 4.82. The molecule has 0 saturated heterocycles. The van der Waals surface area contributed by atoms with E-state index in [1.807, 2.05) is 56.3 Å². The van der Waals surface area contributed by atoms with E-state index in [4.69, 9.17) is 4.42 Å². The Bertz CT molecular complexity index is 1230. The molecule has 0 radical (unpaired) electrons. The highest BCUT2D eigenvalue weighted by atomic mass is 16.3. The van der Waals surface area contributed by atoms with E-state index in [1.165, 1.54) is 0 Å². The zero-order valence-corrected chi connectivity index (χ0v) is 17.9. The lowest BCUT2D eigenvalue weighted by Gasteiger charge is -2.11. The molecular weight excluding hydrogens is 404 g/mol. The molecule has 7 heteroatoms. The summed E-state index contributed by atoms with van der Waals surface area (Å²) >= 11 is 0. The lowest BCUT2D eigenvalue weighted by molar-refractivity contribution is 0.0952. The molecule has 0 aliphatic carbocycles. The molecule has 2 aromatic carbocycles. The largest absolute Gasteiger partial charge is 0.463 e. The molecule has 7 nitrogen and oxygen atoms in total. The van der Waals surface area contributed by atoms with E-state index in [-0.39, 0.29) is 18.0 Å². The summed E-state index contributed by atoms with van der Waals surface area (Å²) in [6, 6.07) is 20.0. The zero-order chi connectivity index (χ0) is 22.5. The van der Waals surface area contributed by atoms with Gasteiger partial charge in [-0.2, -0.15) is 0 Å². The number of carbonyl (C=O) groups is 2. The molecule has 0 spiro atoms. The maximum atomic E-state index is 13.0. The number of anilines is 1. The predicted molar refractivity (Wildman–Crippen MR) is 124 cm³/mol. The molecule has 162 valence electrons. The summed E-state index contributed by atoms with van der Waals surface area (Å²) in [5.74, 6) is 0.407. The number of amides is 3. The lowest BCUT2D eigenvalue weighted by atomic mass is 10.1. The fraction of sp³-hybridized carbons (Fsp3) is 0.160. The molecule has 2 aromatic heterocycles. The first-order chi connectivity index (χ1) is 15.5. The molecule has 0 aliphatic rings. The second-order valence-electron chi connectivity index (χ2n) is 7.68. The summed E-state index contributed by atoms with van der Waals surface area (Å²) < 4.78 is 5.46. The first-order valence-corrected chi connectivity index (χ1v) is 10.4. The Morgan fingerprint density at radius 3 is 2.50 bits per heavy atom. The standard InChI is InChI=1S/C25H24N4O3/c1-16(2)27-25(31)28-18-11-9-17(10-12-18)15-26-24(30)20-14-22(23-8-5-13-32-23)29-21-7-4-3-6-19(20)21/h3-14,16H,15H2,1-2H3,(H,26,30)(H2,27,28,31). The smallest absolute Gasteiger partial charge is 0.319 e. The van der Waals surface area contributed by atoms with Gasteiger partial charge in [0.1, 0.15) is 5.69 Å². The highest BCUT2D eigenvalue weighted by Gasteiger charge is 2.15. The quantitative estimate of drug-likeness (QED) is 0.405. The second-order valence-corrected chi connectivity index (χ2v) is 7.68. The van der Waals surface area contributed by atoms with E-state index < -0.39 is 0 Å². The van der Waals surface area contributed by atoms with Gasteiger partial charge in [-0.25, -0.2) is 9.78 Å². The number of nitrogens with zero attached hydrogens (tertiary/aromatic N) is 1. The van der Waals surface area contributed by atoms with Crippen molar-refractivity contribution in [2.45, 2.75) is 26.4 Å². The summed E-state index contributed by atoms with van der Waals surface area (Å²) in [7, 11) is 0. The minimum atomic E-state index is -0.252. The average Bonchev–Trinajstić information content (AvgIpc) is 3.32. The molecule has 0 bridgehead atoms. The van der Waals surface area contributed by atoms with Crippen molar-refractivity contribution in [2.24, 2.45) is 0 Å². The normalized spacial score (nSPS) is 10.8. The second kappa shape index (κ2) is 9.34. The molecule has 4 rings (SSSR count). The Kier molecular flexibility index (Phi) is 6.17. The molecule has 4 aromatic rings. The molecule has 0 saturated carbocycles. The summed E-state index contributed by atoms with van der Waals surface area (Å²) in [6.45, 7) is 4.15. The van der Waals surface area contributed by atoms with Gasteiger partial charge in [0.25, 0.3) is 5.91 Å². The zero-order valence-electron chi connectivity index (χ0n) is 17.9. The van der Waals surface area contributed by atoms with Crippen LogP contribution in [-0.2, 0) is 6.54 Å². The first kappa shape index (κ1) is 21.1. The van der Waals surface area contributed by atoms with Crippen LogP contribution in [0.4, 0.5) is 10.5 Å². The first-order valence-electron chi connectivity index (χ1n) is 10.4. The highest BCUT2D eigenvalue weighted by Crippen LogP contribution is 2.25. The van der Waals surface area contributed by atoms with Gasteiger partial charge in [0.2, 0.25) is 0 Å². The van der Waals surface area contributed by atoms with Crippen LogP contribution in [-0.4, -0.2) is 23.0 Å². The van der Waals surface area contributed by atoms with Crippen LogP contribution in [0.3, 0.4) is 0 Å². The van der Waals surface area contributed by atoms with Gasteiger partial charge in [-0.05, 0) is 55.8 Å². The van der Waals surface area contributed by atoms with E-state index >= 15 is 0 Å². The molecule has 0 fully saturated rings. The number of hydrogen-bond acceptors (Lipinski definition) is 4. The van der Waals surface area contributed by atoms with Crippen molar-refractivity contribution in [2.75, 3.05) is 5.32 Å². The maximum absolute atomic E-state index is 13.0. The van der Waals surface area contributed by atoms with Crippen LogP contribution in [0.1, 0.15) is 29.8 Å². The Morgan fingerprint density at radius 1 is 1.00 bits per heavy atom. The van der Waals surface area contributed by atoms with E-state index in [0.29, 0.717) is 29.2 Å². The molecule has 3 N–H and O–H groups in total. The fourth-order valence-electron chi connectivity index (χ4n) is 3.33. The van der Waals surface area contributed by atoms with Crippen molar-refractivity contribution < 1.29 is 14.0 Å². The summed E-state index contributed by atoms with van der Waals surface area (Å²) in [5, 5.41) is 9.30. The van der Waals surface area contributed by atoms with Crippen molar-refractivity contribution in [1.82, 2.24) is 15.6 Å². The fourth-order valence-corrected chi connectivity index (χ4v) is 3.33. The Hall–Kier alpha value is -4.13. The molecule has 3 amide bonds. The molecular formula is C25H24N4O3. The number of pyridine rings is 1. The van der Waals surface area contributed by atoms with E-state index in [2.05, 4.69) is 20.9 Å². The number of furan rings is 1. The SMILES string of the molecule is CC(C)NC(=O)Nc1ccc(CNC(=O)c2cc(-c3ccco3)nc3ccccc23)cc1. The van der Waals surface area contributed by atoms with Gasteiger partial charge in [0, 0.05) is 23.7 Å². The van der Waals surface area contributed by atoms with Crippen molar-refractivity contribution >= 4 is 28.5 Å². The van der Waals surface area contributed by atoms with Crippen LogP contribution in [0, 0.1) is 0 Å². The topological polar surface area (TPSA) is 96.3 Å². The minimum absolute atomic E-state index is 0.0575. The number of para-hydroxylation sites is 1. The van der Waals surface area contributed by atoms with Gasteiger partial charge in [-0.15, -0.1) is 0 Å². The molecule has 32 heavy (non-hydrogen) atoms. The van der Waals surface area contributed by atoms with Crippen molar-refractivity contribution in [3.05, 3.63) is 84.1 Å². The van der Waals surface area contributed by atoms with E-state index in [9.17, 15) is 9.59 Å². The van der Waals surface area contributed by atoms with Crippen molar-refractivity contribution in [3.8, 4) is 11.5 Å². The highest BCUT2D eigenvalue weighted by molar-refractivity contribution is 6.07. The van der Waals surface area contributed by atoms with Gasteiger partial charge < -0.3 is 20.4 Å². The summed E-state index contributed by atoms with van der Waals surface area (Å²) in [5.41, 5.74) is 3.46. The minimum Gasteiger partial charge on any atom is -0.463 e. The van der Waals surface area contributed by atoms with E-state index in [1.54, 1.807) is 30.5 Å². The number of nitrogens with one attached hydrogen (secondary N) is 3. The number of urea groups is 1. The monoisotopic (exact) mass is 428 g/mol. The van der Waals surface area contributed by atoms with Crippen LogP contribution in [0.5, 0.6) is 0 Å². The van der Waals surface area contributed by atoms with Crippen LogP contribution in [0.2, 0.25) is 0 Å². The van der Waals surface area contributed by atoms with Crippen LogP contribution in [0.25, 0.3) is 22.4 Å². The molecule has 0 unspecified atom stereocenters. The van der Waals surface area contributed by atoms with Gasteiger partial charge in [0.05, 0.1) is 17.3 Å². The average molecular weight is 428 g/mol. The van der Waals surface area contributed by atoms with Crippen LogP contribution >= 0.6 is 0 Å². The van der Waals surface area contributed by atoms with Gasteiger partial charge in [0.15, 0.2) is 5.76 Å². The third-order valence-electron chi connectivity index (χ3n) is 4.82. The number of carbonyl (C=O) groups excluding carboxylic acids is 2. The summed E-state index contributed by atoms with van der Waals surface area (Å²) in [4.78, 5) is 29.5. The number of hydrogen-bond donors (Lipinski definition) is 3. The summed E-state index contributed by atoms with van der Waals surface area (Å²) in [6.07, 6.45) is 1.58. The Labute approximate surface area is 185 Å². The molecule has 0 aliphatic heterocycles. The van der Waals surface area contributed by atoms with Gasteiger partial charge in [-0.3, -0.25) is 4.79 Å². The number of aromatic nitrogens is 1. The number of rotatable bonds is 6. The van der Waals surface area contributed by atoms with Crippen LogP contribution in [0.15, 0.2) is 77.4 Å². The van der Waals surface area contributed by atoms with Crippen molar-refractivity contribution in [3.63, 3.8) is 0 Å². The van der Waals surface area contributed by atoms with Gasteiger partial charge >= 0.3 is 6.03 Å². The third kappa shape index (κ3) is 4.95. The lowest BCUT2D eigenvalue weighted by Crippen LogP contribution is -2.34. The Balaban J connectivity index is 1.48. The Morgan fingerprint density at radius 2 is 1.78 bits per heavy atom. The van der Waals surface area contributed by atoms with Crippen molar-refractivity contribution in [1.29, 1.82) is 0 Å². The maximum Gasteiger partial charge on any atom is 0.319 e. The number of fused-ring (bicyclic) bond motifs is 1. The van der Waals surface area contributed by atoms with E-state index in [0.717, 1.165) is 16.5 Å². The molecule has 2 heterocycles. The predicted octanol–water partition coefficient (Wildman–Crippen LogP) is 4.95. The number of benzene rings is 2. The van der Waals surface area contributed by atoms with Gasteiger partial charge in [-0.1, -0.05) is 30.3 Å². The molecule has 0 atom stereocenters. The van der Waals surface area contributed by atoms with Crippen LogP contribution < -0.4 is 16.0 Å².